The summed E-state index contributed by atoms with van der Waals surface area (Å²) >= 11 is 0. The Balaban J connectivity index is 1.61. The van der Waals surface area contributed by atoms with Gasteiger partial charge in [0.15, 0.2) is 11.5 Å². The lowest BCUT2D eigenvalue weighted by Crippen LogP contribution is -2.35. The predicted molar refractivity (Wildman–Crippen MR) is 81.8 cm³/mol. The van der Waals surface area contributed by atoms with Gasteiger partial charge < -0.3 is 14.6 Å². The Morgan fingerprint density at radius 3 is 2.52 bits per heavy atom. The summed E-state index contributed by atoms with van der Waals surface area (Å²) in [6, 6.07) is 6.61. The monoisotopic (exact) mass is 289 g/mol. The van der Waals surface area contributed by atoms with Gasteiger partial charge in [-0.05, 0) is 38.0 Å². The maximum atomic E-state index is 10.4. The molecule has 1 N–H and O–H groups in total. The summed E-state index contributed by atoms with van der Waals surface area (Å²) in [4.78, 5) is 2.39. The lowest BCUT2D eigenvalue weighted by molar-refractivity contribution is 0.130. The highest BCUT2D eigenvalue weighted by atomic mass is 16.6. The van der Waals surface area contributed by atoms with Crippen LogP contribution < -0.4 is 9.47 Å². The van der Waals surface area contributed by atoms with E-state index in [2.05, 4.69) is 30.9 Å². The van der Waals surface area contributed by atoms with Crippen molar-refractivity contribution in [2.45, 2.75) is 38.5 Å². The number of aliphatic hydroxyl groups is 1. The molecule has 1 aromatic carbocycles. The molecular formula is C17H23NO3. The fraction of sp³-hybridized carbons (Fsp3) is 0.529. The molecule has 1 aromatic rings. The van der Waals surface area contributed by atoms with Gasteiger partial charge in [-0.2, -0.15) is 0 Å². The predicted octanol–water partition coefficient (Wildman–Crippen LogP) is 2.53. The van der Waals surface area contributed by atoms with Crippen molar-refractivity contribution in [3.63, 3.8) is 0 Å². The first-order valence-corrected chi connectivity index (χ1v) is 7.67. The number of hydrogen-bond acceptors (Lipinski definition) is 4. The van der Waals surface area contributed by atoms with Crippen LogP contribution in [0.2, 0.25) is 0 Å². The largest absolute Gasteiger partial charge is 0.486 e. The number of benzene rings is 1. The van der Waals surface area contributed by atoms with Crippen LogP contribution in [-0.2, 0) is 0 Å². The summed E-state index contributed by atoms with van der Waals surface area (Å²) < 4.78 is 11.1. The first kappa shape index (κ1) is 14.4. The van der Waals surface area contributed by atoms with E-state index in [9.17, 15) is 5.11 Å². The highest BCUT2D eigenvalue weighted by molar-refractivity contribution is 5.44. The molecule has 0 bridgehead atoms. The van der Waals surface area contributed by atoms with Crippen LogP contribution in [0.1, 0.15) is 31.9 Å². The quantitative estimate of drug-likeness (QED) is 0.865. The first-order chi connectivity index (χ1) is 10.1. The van der Waals surface area contributed by atoms with Crippen LogP contribution in [0.3, 0.4) is 0 Å². The van der Waals surface area contributed by atoms with Crippen LogP contribution >= 0.6 is 0 Å². The van der Waals surface area contributed by atoms with Gasteiger partial charge in [0.05, 0.1) is 6.10 Å². The van der Waals surface area contributed by atoms with Crippen molar-refractivity contribution >= 4 is 0 Å². The number of fused-ring (bicyclic) bond motifs is 1. The molecule has 0 fully saturated rings. The van der Waals surface area contributed by atoms with E-state index in [0.29, 0.717) is 25.3 Å². The van der Waals surface area contributed by atoms with E-state index in [1.165, 1.54) is 0 Å². The smallest absolute Gasteiger partial charge is 0.161 e. The summed E-state index contributed by atoms with van der Waals surface area (Å²) in [6.07, 6.45) is 4.69. The standard InChI is InChI=1S/C17H23NO3/c1-12-3-4-13(2)18(12)8-7-15(19)14-5-6-16-17(11-14)21-10-9-20-16/h3-6,11-13,15,19H,7-10H2,1-2H3/t12?,13?,15-/m0/s1. The van der Waals surface area contributed by atoms with Crippen molar-refractivity contribution in [3.05, 3.63) is 35.9 Å². The third-order valence-electron chi connectivity index (χ3n) is 4.33. The third-order valence-corrected chi connectivity index (χ3v) is 4.33. The summed E-state index contributed by atoms with van der Waals surface area (Å²) in [6.45, 7) is 6.42. The zero-order chi connectivity index (χ0) is 14.8. The summed E-state index contributed by atoms with van der Waals surface area (Å²) in [5.74, 6) is 1.51. The molecule has 114 valence electrons. The number of ether oxygens (including phenoxy) is 2. The van der Waals surface area contributed by atoms with E-state index in [-0.39, 0.29) is 0 Å². The number of rotatable bonds is 4. The molecule has 0 aliphatic carbocycles. The summed E-state index contributed by atoms with van der Waals surface area (Å²) in [7, 11) is 0. The molecule has 3 rings (SSSR count). The van der Waals surface area contributed by atoms with Crippen LogP contribution in [0, 0.1) is 0 Å². The maximum Gasteiger partial charge on any atom is 0.161 e. The highest BCUT2D eigenvalue weighted by Gasteiger charge is 2.23. The third kappa shape index (κ3) is 3.06. The average molecular weight is 289 g/mol. The molecule has 0 saturated heterocycles. The van der Waals surface area contributed by atoms with E-state index >= 15 is 0 Å². The second kappa shape index (κ2) is 6.08. The van der Waals surface area contributed by atoms with Gasteiger partial charge in [-0.25, -0.2) is 0 Å². The molecule has 2 aliphatic rings. The molecule has 2 aliphatic heterocycles. The molecule has 0 spiro atoms. The average Bonchev–Trinajstić information content (AvgIpc) is 2.83. The molecular weight excluding hydrogens is 266 g/mol. The van der Waals surface area contributed by atoms with E-state index in [1.54, 1.807) is 0 Å². The van der Waals surface area contributed by atoms with E-state index in [1.807, 2.05) is 18.2 Å². The van der Waals surface area contributed by atoms with Gasteiger partial charge in [0, 0.05) is 18.6 Å². The first-order valence-electron chi connectivity index (χ1n) is 7.67. The van der Waals surface area contributed by atoms with Crippen LogP contribution in [0.15, 0.2) is 30.4 Å². The molecule has 3 atom stereocenters. The van der Waals surface area contributed by atoms with Crippen LogP contribution in [0.5, 0.6) is 11.5 Å². The topological polar surface area (TPSA) is 41.9 Å². The van der Waals surface area contributed by atoms with Crippen LogP contribution in [0.25, 0.3) is 0 Å². The maximum absolute atomic E-state index is 10.4. The summed E-state index contributed by atoms with van der Waals surface area (Å²) in [5, 5.41) is 10.4. The van der Waals surface area contributed by atoms with Crippen molar-refractivity contribution in [3.8, 4) is 11.5 Å². The van der Waals surface area contributed by atoms with Gasteiger partial charge in [-0.15, -0.1) is 0 Å². The highest BCUT2D eigenvalue weighted by Crippen LogP contribution is 2.33. The minimum atomic E-state index is -0.471. The zero-order valence-electron chi connectivity index (χ0n) is 12.7. The fourth-order valence-corrected chi connectivity index (χ4v) is 3.03. The fourth-order valence-electron chi connectivity index (χ4n) is 3.03. The Hall–Kier alpha value is -1.52. The lowest BCUT2D eigenvalue weighted by atomic mass is 10.0. The van der Waals surface area contributed by atoms with Gasteiger partial charge in [-0.1, -0.05) is 18.2 Å². The molecule has 4 heteroatoms. The van der Waals surface area contributed by atoms with Crippen molar-refractivity contribution < 1.29 is 14.6 Å². The Morgan fingerprint density at radius 2 is 1.81 bits per heavy atom. The normalized spacial score (nSPS) is 26.0. The Kier molecular flexibility index (Phi) is 4.17. The van der Waals surface area contributed by atoms with Crippen molar-refractivity contribution in [2.24, 2.45) is 0 Å². The lowest BCUT2D eigenvalue weighted by Gasteiger charge is -2.27. The van der Waals surface area contributed by atoms with Gasteiger partial charge in [0.25, 0.3) is 0 Å². The molecule has 0 aromatic heterocycles. The summed E-state index contributed by atoms with van der Waals surface area (Å²) in [5.41, 5.74) is 0.895. The molecule has 4 nitrogen and oxygen atoms in total. The van der Waals surface area contributed by atoms with Crippen molar-refractivity contribution in [1.29, 1.82) is 0 Å². The number of aliphatic hydroxyl groups excluding tert-OH is 1. The van der Waals surface area contributed by atoms with Gasteiger partial charge in [-0.3, -0.25) is 4.90 Å². The molecule has 0 radical (unpaired) electrons. The Bertz CT molecular complexity index is 517. The molecule has 2 heterocycles. The van der Waals surface area contributed by atoms with Crippen molar-refractivity contribution in [1.82, 2.24) is 4.90 Å². The minimum absolute atomic E-state index is 0.451. The zero-order valence-corrected chi connectivity index (χ0v) is 12.7. The van der Waals surface area contributed by atoms with Gasteiger partial charge >= 0.3 is 0 Å². The Labute approximate surface area is 126 Å². The molecule has 21 heavy (non-hydrogen) atoms. The van der Waals surface area contributed by atoms with E-state index in [4.69, 9.17) is 9.47 Å². The van der Waals surface area contributed by atoms with Crippen molar-refractivity contribution in [2.75, 3.05) is 19.8 Å². The van der Waals surface area contributed by atoms with Gasteiger partial charge in [0.1, 0.15) is 13.2 Å². The Morgan fingerprint density at radius 1 is 1.14 bits per heavy atom. The van der Waals surface area contributed by atoms with Crippen LogP contribution in [0.4, 0.5) is 0 Å². The minimum Gasteiger partial charge on any atom is -0.486 e. The SMILES string of the molecule is CC1C=CC(C)N1CC[C@H](O)c1ccc2c(c1)OCCO2. The van der Waals surface area contributed by atoms with Crippen LogP contribution in [-0.4, -0.2) is 41.8 Å². The second-order valence-corrected chi connectivity index (χ2v) is 5.81. The second-order valence-electron chi connectivity index (χ2n) is 5.81. The van der Waals surface area contributed by atoms with Gasteiger partial charge in [0.2, 0.25) is 0 Å². The molecule has 0 amide bonds. The van der Waals surface area contributed by atoms with E-state index < -0.39 is 6.10 Å². The number of nitrogens with zero attached hydrogens (tertiary/aromatic N) is 1. The number of hydrogen-bond donors (Lipinski definition) is 1. The molecule has 2 unspecified atom stereocenters. The van der Waals surface area contributed by atoms with E-state index in [0.717, 1.165) is 30.0 Å². The molecule has 0 saturated carbocycles.